The van der Waals surface area contributed by atoms with Crippen molar-refractivity contribution in [3.8, 4) is 0 Å². The number of amides is 1. The molecule has 18 heavy (non-hydrogen) atoms. The van der Waals surface area contributed by atoms with Crippen LogP contribution in [0.5, 0.6) is 0 Å². The number of piperazine rings is 1. The summed E-state index contributed by atoms with van der Waals surface area (Å²) < 4.78 is 0. The molecule has 0 saturated carbocycles. The van der Waals surface area contributed by atoms with Crippen molar-refractivity contribution in [1.82, 2.24) is 9.80 Å². The molecule has 6 nitrogen and oxygen atoms in total. The molecule has 0 aromatic rings. The van der Waals surface area contributed by atoms with E-state index in [2.05, 4.69) is 4.90 Å². The summed E-state index contributed by atoms with van der Waals surface area (Å²) in [5.74, 6) is -0.0319. The normalized spacial score (nSPS) is 20.8. The van der Waals surface area contributed by atoms with Crippen LogP contribution >= 0.6 is 0 Å². The molecule has 1 fully saturated rings. The van der Waals surface area contributed by atoms with Crippen molar-refractivity contribution in [2.75, 3.05) is 39.8 Å². The van der Waals surface area contributed by atoms with E-state index in [1.54, 1.807) is 4.90 Å². The van der Waals surface area contributed by atoms with Crippen LogP contribution in [0, 0.1) is 0 Å². The second-order valence-corrected chi connectivity index (χ2v) is 5.01. The second-order valence-electron chi connectivity index (χ2n) is 5.01. The largest absolute Gasteiger partial charge is 0.393 e. The smallest absolute Gasteiger partial charge is 0.225 e. The van der Waals surface area contributed by atoms with Crippen LogP contribution < -0.4 is 5.73 Å². The Morgan fingerprint density at radius 1 is 1.22 bits per heavy atom. The minimum absolute atomic E-state index is 0.0319. The van der Waals surface area contributed by atoms with Gasteiger partial charge in [0.2, 0.25) is 5.91 Å². The fourth-order valence-electron chi connectivity index (χ4n) is 2.09. The summed E-state index contributed by atoms with van der Waals surface area (Å²) in [4.78, 5) is 15.8. The Morgan fingerprint density at radius 3 is 2.39 bits per heavy atom. The standard InChI is InChI=1S/C12H25N3O3/c1-14-4-6-15(7-5-14)12(18)9-11(17)8-10(16)2-3-13/h10-11,16-17H,2-9,13H2,1H3/t10-,11-/m1/s1. The average Bonchev–Trinajstić information content (AvgIpc) is 2.29. The molecule has 0 aliphatic carbocycles. The lowest BCUT2D eigenvalue weighted by molar-refractivity contribution is -0.135. The van der Waals surface area contributed by atoms with Crippen molar-refractivity contribution in [2.24, 2.45) is 5.73 Å². The van der Waals surface area contributed by atoms with Gasteiger partial charge in [-0.3, -0.25) is 4.79 Å². The van der Waals surface area contributed by atoms with Crippen LogP contribution in [0.2, 0.25) is 0 Å². The summed E-state index contributed by atoms with van der Waals surface area (Å²) in [5, 5.41) is 19.2. The van der Waals surface area contributed by atoms with Crippen molar-refractivity contribution in [1.29, 1.82) is 0 Å². The van der Waals surface area contributed by atoms with Crippen molar-refractivity contribution < 1.29 is 15.0 Å². The molecule has 0 radical (unpaired) electrons. The van der Waals surface area contributed by atoms with Gasteiger partial charge in [0.15, 0.2) is 0 Å². The summed E-state index contributed by atoms with van der Waals surface area (Å²) in [6, 6.07) is 0. The van der Waals surface area contributed by atoms with Gasteiger partial charge < -0.3 is 25.7 Å². The van der Waals surface area contributed by atoms with Crippen LogP contribution in [0.3, 0.4) is 0 Å². The number of carbonyl (C=O) groups is 1. The van der Waals surface area contributed by atoms with Crippen LogP contribution in [-0.4, -0.2) is 77.9 Å². The number of nitrogens with two attached hydrogens (primary N) is 1. The van der Waals surface area contributed by atoms with Gasteiger partial charge in [0.1, 0.15) is 0 Å². The molecule has 1 amide bonds. The third-order valence-corrected chi connectivity index (χ3v) is 3.31. The van der Waals surface area contributed by atoms with Gasteiger partial charge in [-0.25, -0.2) is 0 Å². The number of aliphatic hydroxyl groups is 2. The summed E-state index contributed by atoms with van der Waals surface area (Å²) in [6.45, 7) is 3.57. The predicted octanol–water partition coefficient (Wildman–Crippen LogP) is -1.39. The molecule has 1 saturated heterocycles. The fourth-order valence-corrected chi connectivity index (χ4v) is 2.09. The van der Waals surface area contributed by atoms with Crippen molar-refractivity contribution >= 4 is 5.91 Å². The van der Waals surface area contributed by atoms with Gasteiger partial charge in [0, 0.05) is 26.2 Å². The molecule has 106 valence electrons. The van der Waals surface area contributed by atoms with E-state index in [4.69, 9.17) is 5.73 Å². The molecule has 0 bridgehead atoms. The zero-order valence-electron chi connectivity index (χ0n) is 11.1. The molecular formula is C12H25N3O3. The minimum atomic E-state index is -0.779. The number of aliphatic hydroxyl groups excluding tert-OH is 2. The van der Waals surface area contributed by atoms with Gasteiger partial charge in [0.25, 0.3) is 0 Å². The van der Waals surface area contributed by atoms with Gasteiger partial charge >= 0.3 is 0 Å². The van der Waals surface area contributed by atoms with E-state index < -0.39 is 12.2 Å². The number of carbonyl (C=O) groups excluding carboxylic acids is 1. The second kappa shape index (κ2) is 7.68. The maximum Gasteiger partial charge on any atom is 0.225 e. The average molecular weight is 259 g/mol. The molecular weight excluding hydrogens is 234 g/mol. The van der Waals surface area contributed by atoms with Crippen LogP contribution in [0.4, 0.5) is 0 Å². The molecule has 1 rings (SSSR count). The van der Waals surface area contributed by atoms with Crippen LogP contribution in [0.1, 0.15) is 19.3 Å². The van der Waals surface area contributed by atoms with Gasteiger partial charge in [-0.1, -0.05) is 0 Å². The lowest BCUT2D eigenvalue weighted by Crippen LogP contribution is -2.47. The Kier molecular flexibility index (Phi) is 6.56. The molecule has 0 aromatic heterocycles. The van der Waals surface area contributed by atoms with E-state index in [1.165, 1.54) is 0 Å². The highest BCUT2D eigenvalue weighted by molar-refractivity contribution is 5.76. The summed E-state index contributed by atoms with van der Waals surface area (Å²) >= 11 is 0. The summed E-state index contributed by atoms with van der Waals surface area (Å²) in [6.07, 6.45) is -0.633. The molecule has 0 unspecified atom stereocenters. The van der Waals surface area contributed by atoms with E-state index in [0.29, 0.717) is 26.1 Å². The van der Waals surface area contributed by atoms with Crippen LogP contribution in [-0.2, 0) is 4.79 Å². The molecule has 4 N–H and O–H groups in total. The Hall–Kier alpha value is -0.690. The topological polar surface area (TPSA) is 90.0 Å². The lowest BCUT2D eigenvalue weighted by atomic mass is 10.1. The van der Waals surface area contributed by atoms with Gasteiger partial charge in [0.05, 0.1) is 18.6 Å². The highest BCUT2D eigenvalue weighted by atomic mass is 16.3. The first kappa shape index (κ1) is 15.4. The van der Waals surface area contributed by atoms with E-state index in [-0.39, 0.29) is 18.7 Å². The number of hydrogen-bond donors (Lipinski definition) is 3. The summed E-state index contributed by atoms with van der Waals surface area (Å²) in [7, 11) is 2.03. The molecule has 0 spiro atoms. The third kappa shape index (κ3) is 5.30. The van der Waals surface area contributed by atoms with E-state index in [1.807, 2.05) is 7.05 Å². The maximum atomic E-state index is 11.9. The first-order valence-electron chi connectivity index (χ1n) is 6.55. The van der Waals surface area contributed by atoms with Crippen molar-refractivity contribution in [2.45, 2.75) is 31.5 Å². The van der Waals surface area contributed by atoms with E-state index in [9.17, 15) is 15.0 Å². The SMILES string of the molecule is CN1CCN(C(=O)C[C@H](O)C[C@H](O)CCN)CC1. The zero-order chi connectivity index (χ0) is 13.5. The van der Waals surface area contributed by atoms with E-state index >= 15 is 0 Å². The molecule has 1 aliphatic heterocycles. The summed E-state index contributed by atoms with van der Waals surface area (Å²) in [5.41, 5.74) is 5.31. The molecule has 1 aliphatic rings. The Morgan fingerprint density at radius 2 is 1.83 bits per heavy atom. The number of nitrogens with zero attached hydrogens (tertiary/aromatic N) is 2. The predicted molar refractivity (Wildman–Crippen MR) is 69.0 cm³/mol. The highest BCUT2D eigenvalue weighted by Crippen LogP contribution is 2.09. The molecule has 6 heteroatoms. The Bertz CT molecular complexity index is 255. The molecule has 2 atom stereocenters. The quantitative estimate of drug-likeness (QED) is 0.546. The highest BCUT2D eigenvalue weighted by Gasteiger charge is 2.22. The minimum Gasteiger partial charge on any atom is -0.393 e. The number of rotatable bonds is 6. The van der Waals surface area contributed by atoms with Crippen molar-refractivity contribution in [3.63, 3.8) is 0 Å². The third-order valence-electron chi connectivity index (χ3n) is 3.31. The monoisotopic (exact) mass is 259 g/mol. The number of likely N-dealkylation sites (N-methyl/N-ethyl adjacent to an activating group) is 1. The van der Waals surface area contributed by atoms with Gasteiger partial charge in [-0.2, -0.15) is 0 Å². The van der Waals surface area contributed by atoms with Gasteiger partial charge in [-0.05, 0) is 26.4 Å². The Balaban J connectivity index is 2.26. The van der Waals surface area contributed by atoms with E-state index in [0.717, 1.165) is 13.1 Å². The van der Waals surface area contributed by atoms with Crippen molar-refractivity contribution in [3.05, 3.63) is 0 Å². The first-order valence-corrected chi connectivity index (χ1v) is 6.55. The molecule has 1 heterocycles. The lowest BCUT2D eigenvalue weighted by Gasteiger charge is -2.33. The maximum absolute atomic E-state index is 11.9. The van der Waals surface area contributed by atoms with Crippen LogP contribution in [0.25, 0.3) is 0 Å². The zero-order valence-corrected chi connectivity index (χ0v) is 11.1. The first-order chi connectivity index (χ1) is 8.52. The van der Waals surface area contributed by atoms with Gasteiger partial charge in [-0.15, -0.1) is 0 Å². The molecule has 0 aromatic carbocycles. The fraction of sp³-hybridized carbons (Fsp3) is 0.917. The number of hydrogen-bond acceptors (Lipinski definition) is 5. The Labute approximate surface area is 108 Å². The van der Waals surface area contributed by atoms with Crippen LogP contribution in [0.15, 0.2) is 0 Å².